The number of oxazole rings is 1. The third-order valence-electron chi connectivity index (χ3n) is 5.59. The molecule has 6 nitrogen and oxygen atoms in total. The van der Waals surface area contributed by atoms with Crippen LogP contribution in [-0.4, -0.2) is 28.0 Å². The summed E-state index contributed by atoms with van der Waals surface area (Å²) in [7, 11) is 0. The first-order valence-electron chi connectivity index (χ1n) is 10.6. The van der Waals surface area contributed by atoms with Crippen molar-refractivity contribution in [3.05, 3.63) is 42.4 Å². The number of nitrogens with one attached hydrogen (secondary N) is 1. The zero-order valence-electron chi connectivity index (χ0n) is 16.8. The van der Waals surface area contributed by atoms with Gasteiger partial charge in [0.1, 0.15) is 0 Å². The standard InChI is InChI=1S/C23H30N2O4/c26-21(12-13-22-24-16-20(29-22)18-9-5-2-6-10-18)25-19(11-14-23(27)28)15-17-7-3-1-4-8-17/h2,5-6,9-10,16-17,19H,1,3-4,7-8,11-15H2,(H,25,26)(H,27,28). The van der Waals surface area contributed by atoms with Gasteiger partial charge in [-0.3, -0.25) is 9.59 Å². The van der Waals surface area contributed by atoms with E-state index < -0.39 is 5.97 Å². The molecular weight excluding hydrogens is 368 g/mol. The minimum absolute atomic E-state index is 0.0735. The molecule has 0 radical (unpaired) electrons. The average molecular weight is 399 g/mol. The number of rotatable bonds is 10. The molecule has 0 aliphatic heterocycles. The number of aromatic nitrogens is 1. The van der Waals surface area contributed by atoms with Crippen molar-refractivity contribution in [2.24, 2.45) is 5.92 Å². The Bertz CT molecular complexity index is 781. The van der Waals surface area contributed by atoms with Crippen LogP contribution in [0.3, 0.4) is 0 Å². The fraction of sp³-hybridized carbons (Fsp3) is 0.522. The number of amides is 1. The Labute approximate surface area is 171 Å². The van der Waals surface area contributed by atoms with Crippen molar-refractivity contribution in [1.29, 1.82) is 0 Å². The summed E-state index contributed by atoms with van der Waals surface area (Å²) in [4.78, 5) is 27.7. The van der Waals surface area contributed by atoms with Gasteiger partial charge in [-0.1, -0.05) is 62.4 Å². The minimum Gasteiger partial charge on any atom is -0.481 e. The minimum atomic E-state index is -0.818. The zero-order chi connectivity index (χ0) is 20.5. The van der Waals surface area contributed by atoms with Crippen molar-refractivity contribution in [3.8, 4) is 11.3 Å². The molecule has 1 amide bonds. The largest absolute Gasteiger partial charge is 0.481 e. The third-order valence-corrected chi connectivity index (χ3v) is 5.59. The fourth-order valence-electron chi connectivity index (χ4n) is 4.05. The van der Waals surface area contributed by atoms with E-state index in [2.05, 4.69) is 10.3 Å². The van der Waals surface area contributed by atoms with E-state index in [0.717, 1.165) is 12.0 Å². The van der Waals surface area contributed by atoms with E-state index in [4.69, 9.17) is 9.52 Å². The second kappa shape index (κ2) is 10.8. The van der Waals surface area contributed by atoms with Gasteiger partial charge in [0.15, 0.2) is 11.7 Å². The number of carboxylic acid groups (broad SMARTS) is 1. The van der Waals surface area contributed by atoms with E-state index in [1.54, 1.807) is 6.20 Å². The van der Waals surface area contributed by atoms with Crippen LogP contribution in [0.2, 0.25) is 0 Å². The summed E-state index contributed by atoms with van der Waals surface area (Å²) in [5, 5.41) is 12.1. The molecule has 1 atom stereocenters. The summed E-state index contributed by atoms with van der Waals surface area (Å²) < 4.78 is 5.76. The first-order valence-corrected chi connectivity index (χ1v) is 10.6. The predicted octanol–water partition coefficient (Wildman–Crippen LogP) is 4.59. The highest BCUT2D eigenvalue weighted by atomic mass is 16.4. The van der Waals surface area contributed by atoms with E-state index in [-0.39, 0.29) is 24.8 Å². The molecule has 0 spiro atoms. The predicted molar refractivity (Wildman–Crippen MR) is 110 cm³/mol. The summed E-state index contributed by atoms with van der Waals surface area (Å²) >= 11 is 0. The van der Waals surface area contributed by atoms with Crippen molar-refractivity contribution >= 4 is 11.9 Å². The normalized spacial score (nSPS) is 15.7. The van der Waals surface area contributed by atoms with Crippen molar-refractivity contribution < 1.29 is 19.1 Å². The smallest absolute Gasteiger partial charge is 0.303 e. The lowest BCUT2D eigenvalue weighted by molar-refractivity contribution is -0.137. The van der Waals surface area contributed by atoms with Gasteiger partial charge < -0.3 is 14.8 Å². The van der Waals surface area contributed by atoms with Crippen LogP contribution in [0.4, 0.5) is 0 Å². The Morgan fingerprint density at radius 3 is 2.62 bits per heavy atom. The van der Waals surface area contributed by atoms with Gasteiger partial charge >= 0.3 is 5.97 Å². The molecule has 1 aliphatic rings. The van der Waals surface area contributed by atoms with Crippen LogP contribution >= 0.6 is 0 Å². The number of hydrogen-bond acceptors (Lipinski definition) is 4. The summed E-state index contributed by atoms with van der Waals surface area (Å²) in [6.07, 6.45) is 9.93. The maximum atomic E-state index is 12.5. The van der Waals surface area contributed by atoms with E-state index in [1.165, 1.54) is 32.1 Å². The molecular formula is C23H30N2O4. The number of hydrogen-bond donors (Lipinski definition) is 2. The number of carbonyl (C=O) groups is 2. The van der Waals surface area contributed by atoms with Gasteiger partial charge in [0.05, 0.1) is 6.20 Å². The average Bonchev–Trinajstić information content (AvgIpc) is 3.21. The van der Waals surface area contributed by atoms with Crippen molar-refractivity contribution in [2.75, 3.05) is 0 Å². The Balaban J connectivity index is 1.49. The van der Waals surface area contributed by atoms with Crippen LogP contribution in [-0.2, 0) is 16.0 Å². The molecule has 1 aliphatic carbocycles. The summed E-state index contributed by atoms with van der Waals surface area (Å²) in [5.74, 6) is 0.922. The second-order valence-electron chi connectivity index (χ2n) is 7.92. The number of benzene rings is 1. The number of carboxylic acids is 1. The van der Waals surface area contributed by atoms with E-state index >= 15 is 0 Å². The molecule has 1 aromatic carbocycles. The molecule has 29 heavy (non-hydrogen) atoms. The number of aliphatic carboxylic acids is 1. The van der Waals surface area contributed by atoms with Crippen LogP contribution in [0, 0.1) is 5.92 Å². The molecule has 1 heterocycles. The lowest BCUT2D eigenvalue weighted by Gasteiger charge is -2.27. The second-order valence-corrected chi connectivity index (χ2v) is 7.92. The van der Waals surface area contributed by atoms with Crippen molar-refractivity contribution in [3.63, 3.8) is 0 Å². The molecule has 2 aromatic rings. The molecule has 1 aromatic heterocycles. The Morgan fingerprint density at radius 2 is 1.90 bits per heavy atom. The molecule has 0 bridgehead atoms. The fourth-order valence-corrected chi connectivity index (χ4v) is 4.05. The lowest BCUT2D eigenvalue weighted by Crippen LogP contribution is -2.37. The molecule has 1 saturated carbocycles. The van der Waals surface area contributed by atoms with E-state index in [1.807, 2.05) is 30.3 Å². The molecule has 1 fully saturated rings. The Hall–Kier alpha value is -2.63. The Morgan fingerprint density at radius 1 is 1.14 bits per heavy atom. The van der Waals surface area contributed by atoms with Crippen molar-refractivity contribution in [1.82, 2.24) is 10.3 Å². The first-order chi connectivity index (χ1) is 14.1. The molecule has 1 unspecified atom stereocenters. The van der Waals surface area contributed by atoms with E-state index in [9.17, 15) is 9.59 Å². The molecule has 0 saturated heterocycles. The van der Waals surface area contributed by atoms with Crippen LogP contribution < -0.4 is 5.32 Å². The topological polar surface area (TPSA) is 92.4 Å². The van der Waals surface area contributed by atoms with Gasteiger partial charge in [0.25, 0.3) is 0 Å². The molecule has 6 heteroatoms. The van der Waals surface area contributed by atoms with Gasteiger partial charge in [-0.05, 0) is 18.8 Å². The number of aryl methyl sites for hydroxylation is 1. The van der Waals surface area contributed by atoms with Gasteiger partial charge in [0.2, 0.25) is 5.91 Å². The molecule has 2 N–H and O–H groups in total. The summed E-state index contributed by atoms with van der Waals surface area (Å²) in [6.45, 7) is 0. The van der Waals surface area contributed by atoms with Gasteiger partial charge in [0, 0.05) is 30.9 Å². The van der Waals surface area contributed by atoms with E-state index in [0.29, 0.717) is 30.4 Å². The number of nitrogens with zero attached hydrogens (tertiary/aromatic N) is 1. The first kappa shape index (κ1) is 21.1. The third kappa shape index (κ3) is 7.04. The lowest BCUT2D eigenvalue weighted by atomic mass is 9.84. The zero-order valence-corrected chi connectivity index (χ0v) is 16.8. The maximum absolute atomic E-state index is 12.5. The maximum Gasteiger partial charge on any atom is 0.303 e. The highest BCUT2D eigenvalue weighted by Crippen LogP contribution is 2.28. The van der Waals surface area contributed by atoms with Gasteiger partial charge in [-0.2, -0.15) is 0 Å². The quantitative estimate of drug-likeness (QED) is 0.610. The highest BCUT2D eigenvalue weighted by molar-refractivity contribution is 5.76. The summed E-state index contributed by atoms with van der Waals surface area (Å²) in [5.41, 5.74) is 0.955. The monoisotopic (exact) mass is 398 g/mol. The highest BCUT2D eigenvalue weighted by Gasteiger charge is 2.21. The Kier molecular flexibility index (Phi) is 7.85. The van der Waals surface area contributed by atoms with Crippen molar-refractivity contribution in [2.45, 2.75) is 70.3 Å². The molecule has 156 valence electrons. The van der Waals surface area contributed by atoms with Gasteiger partial charge in [-0.25, -0.2) is 4.98 Å². The van der Waals surface area contributed by atoms with Gasteiger partial charge in [-0.15, -0.1) is 0 Å². The SMILES string of the molecule is O=C(O)CCC(CC1CCCCC1)NC(=O)CCc1ncc(-c2ccccc2)o1. The van der Waals surface area contributed by atoms with Crippen LogP contribution in [0.15, 0.2) is 40.9 Å². The van der Waals surface area contributed by atoms with Crippen LogP contribution in [0.1, 0.15) is 63.7 Å². The summed E-state index contributed by atoms with van der Waals surface area (Å²) in [6, 6.07) is 9.65. The number of carbonyl (C=O) groups excluding carboxylic acids is 1. The molecule has 3 rings (SSSR count). The van der Waals surface area contributed by atoms with Crippen LogP contribution in [0.5, 0.6) is 0 Å². The van der Waals surface area contributed by atoms with Crippen LogP contribution in [0.25, 0.3) is 11.3 Å².